The monoisotopic (exact) mass is 636 g/mol. The van der Waals surface area contributed by atoms with E-state index in [1.54, 1.807) is 9.80 Å². The van der Waals surface area contributed by atoms with Crippen LogP contribution in [0.1, 0.15) is 42.6 Å². The van der Waals surface area contributed by atoms with Crippen molar-refractivity contribution in [3.63, 3.8) is 0 Å². The average Bonchev–Trinajstić information content (AvgIpc) is 2.96. The molecule has 0 bridgehead atoms. The largest absolute Gasteiger partial charge is 0.451 e. The predicted octanol–water partition coefficient (Wildman–Crippen LogP) is 3.73. The molecule has 0 radical (unpaired) electrons. The number of nitrogens with two attached hydrogens (primary N) is 1. The number of carbonyl (C=O) groups excluding carboxylic acids is 1. The fraction of sp³-hybridized carbons (Fsp3) is 0.593. The summed E-state index contributed by atoms with van der Waals surface area (Å²) in [7, 11) is -3.55. The zero-order valence-electron chi connectivity index (χ0n) is 23.4. The summed E-state index contributed by atoms with van der Waals surface area (Å²) in [5.74, 6) is -1.95. The van der Waals surface area contributed by atoms with Gasteiger partial charge in [-0.1, -0.05) is 12.1 Å². The minimum Gasteiger partial charge on any atom is -0.356 e. The maximum absolute atomic E-state index is 13.8. The molecule has 1 aromatic heterocycles. The minimum atomic E-state index is -4.82. The van der Waals surface area contributed by atoms with Crippen molar-refractivity contribution in [3.8, 4) is 0 Å². The molecule has 2 aliphatic heterocycles. The van der Waals surface area contributed by atoms with Crippen molar-refractivity contribution in [2.75, 3.05) is 61.4 Å². The number of aryl methyl sites for hydroxylation is 1. The van der Waals surface area contributed by atoms with Gasteiger partial charge in [0.1, 0.15) is 17.4 Å². The van der Waals surface area contributed by atoms with Crippen LogP contribution >= 0.6 is 0 Å². The van der Waals surface area contributed by atoms with Crippen LogP contribution < -0.4 is 15.5 Å². The molecule has 4 rings (SSSR count). The highest BCUT2D eigenvalue weighted by Crippen LogP contribution is 2.33. The van der Waals surface area contributed by atoms with Crippen molar-refractivity contribution in [2.45, 2.75) is 44.5 Å². The fourth-order valence-corrected chi connectivity index (χ4v) is 6.60. The number of alkyl halides is 6. The molecule has 0 spiro atoms. The van der Waals surface area contributed by atoms with Crippen LogP contribution in [0, 0.1) is 5.92 Å². The number of rotatable bonds is 10. The van der Waals surface area contributed by atoms with Gasteiger partial charge in [0.2, 0.25) is 15.8 Å². The molecule has 238 valence electrons. The van der Waals surface area contributed by atoms with Crippen molar-refractivity contribution < 1.29 is 39.6 Å². The van der Waals surface area contributed by atoms with Crippen molar-refractivity contribution >= 4 is 27.4 Å². The zero-order chi connectivity index (χ0) is 31.4. The summed E-state index contributed by atoms with van der Waals surface area (Å²) in [4.78, 5) is 23.7. The van der Waals surface area contributed by atoms with E-state index in [0.717, 1.165) is 12.1 Å². The number of aromatic nitrogens is 2. The van der Waals surface area contributed by atoms with Gasteiger partial charge in [-0.15, -0.1) is 0 Å². The molecule has 16 heteroatoms. The maximum atomic E-state index is 13.8. The summed E-state index contributed by atoms with van der Waals surface area (Å²) in [6.45, 7) is 0.970. The number of ketones is 1. The highest BCUT2D eigenvalue weighted by atomic mass is 32.2. The molecular formula is C27H34F6N6O3S. The van der Waals surface area contributed by atoms with Crippen LogP contribution in [-0.4, -0.2) is 80.0 Å². The van der Waals surface area contributed by atoms with E-state index in [4.69, 9.17) is 5.73 Å². The van der Waals surface area contributed by atoms with Gasteiger partial charge >= 0.3 is 12.4 Å². The molecule has 0 aliphatic carbocycles. The van der Waals surface area contributed by atoms with Gasteiger partial charge in [0.15, 0.2) is 0 Å². The Morgan fingerprint density at radius 2 is 1.53 bits per heavy atom. The third-order valence-corrected chi connectivity index (χ3v) is 9.56. The van der Waals surface area contributed by atoms with E-state index in [9.17, 15) is 39.6 Å². The standard InChI is InChI=1S/C27H34F6N6O3S/c28-26(29,30)21-8-6-19(7-9-21)3-1-5-22(40)20-4-2-11-38(18-20)24-17-23(35-25(36-24)27(31,32)33)37-12-14-39(15-13-37)43(41,42)16-10-34/h6-9,17,20H,1-5,10-16,18,34H2/t20-/m1/s1. The molecule has 2 saturated heterocycles. The minimum absolute atomic E-state index is 0.0261. The van der Waals surface area contributed by atoms with E-state index < -0.39 is 39.7 Å². The lowest BCUT2D eigenvalue weighted by molar-refractivity contribution is -0.145. The van der Waals surface area contributed by atoms with E-state index in [-0.39, 0.29) is 68.9 Å². The number of Topliss-reactive ketones (excluding diaryl/α,β-unsaturated/α-hetero) is 1. The second-order valence-corrected chi connectivity index (χ2v) is 12.8. The third-order valence-electron chi connectivity index (χ3n) is 7.66. The predicted molar refractivity (Wildman–Crippen MR) is 148 cm³/mol. The van der Waals surface area contributed by atoms with Crippen LogP contribution in [0.2, 0.25) is 0 Å². The number of halogens is 6. The smallest absolute Gasteiger partial charge is 0.356 e. The Kier molecular flexibility index (Phi) is 10.2. The Hall–Kier alpha value is -2.98. The number of hydrogen-bond donors (Lipinski definition) is 1. The Morgan fingerprint density at radius 1 is 0.907 bits per heavy atom. The summed E-state index contributed by atoms with van der Waals surface area (Å²) in [6, 6.07) is 6.23. The van der Waals surface area contributed by atoms with Crippen LogP contribution in [0.5, 0.6) is 0 Å². The number of piperidine rings is 1. The first-order valence-electron chi connectivity index (χ1n) is 14.0. The first kappa shape index (κ1) is 32.9. The molecule has 3 heterocycles. The lowest BCUT2D eigenvalue weighted by Gasteiger charge is -2.36. The summed E-state index contributed by atoms with van der Waals surface area (Å²) in [5.41, 5.74) is 5.32. The lowest BCUT2D eigenvalue weighted by Crippen LogP contribution is -2.50. The number of piperazine rings is 1. The van der Waals surface area contributed by atoms with Crippen molar-refractivity contribution in [1.82, 2.24) is 14.3 Å². The molecule has 0 unspecified atom stereocenters. The summed E-state index contributed by atoms with van der Waals surface area (Å²) in [5, 5.41) is 0. The molecule has 9 nitrogen and oxygen atoms in total. The number of carbonyl (C=O) groups is 1. The van der Waals surface area contributed by atoms with Crippen molar-refractivity contribution in [3.05, 3.63) is 47.3 Å². The Bertz CT molecular complexity index is 1360. The van der Waals surface area contributed by atoms with Gasteiger partial charge in [0.25, 0.3) is 0 Å². The topological polar surface area (TPSA) is 113 Å². The Morgan fingerprint density at radius 3 is 2.12 bits per heavy atom. The number of anilines is 2. The molecular weight excluding hydrogens is 602 g/mol. The molecule has 1 atom stereocenters. The van der Waals surface area contributed by atoms with Gasteiger partial charge in [0.05, 0.1) is 11.3 Å². The van der Waals surface area contributed by atoms with E-state index in [2.05, 4.69) is 9.97 Å². The van der Waals surface area contributed by atoms with E-state index in [1.165, 1.54) is 22.5 Å². The Balaban J connectivity index is 1.40. The highest BCUT2D eigenvalue weighted by molar-refractivity contribution is 7.89. The molecule has 0 saturated carbocycles. The van der Waals surface area contributed by atoms with Gasteiger partial charge in [-0.25, -0.2) is 18.4 Å². The van der Waals surface area contributed by atoms with Crippen LogP contribution in [0.4, 0.5) is 38.0 Å². The number of hydrogen-bond acceptors (Lipinski definition) is 8. The SMILES string of the molecule is NCCS(=O)(=O)N1CCN(c2cc(N3CCC[C@@H](C(=O)CCCc4ccc(C(F)(F)F)cc4)C3)nc(C(F)(F)F)n2)CC1. The fourth-order valence-electron chi connectivity index (χ4n) is 5.33. The number of benzene rings is 1. The zero-order valence-corrected chi connectivity index (χ0v) is 24.2. The van der Waals surface area contributed by atoms with Gasteiger partial charge in [0, 0.05) is 64.2 Å². The molecule has 0 amide bonds. The van der Waals surface area contributed by atoms with Crippen LogP contribution in [0.15, 0.2) is 30.3 Å². The molecule has 2 fully saturated rings. The first-order chi connectivity index (χ1) is 20.2. The van der Waals surface area contributed by atoms with Crippen LogP contribution in [-0.2, 0) is 33.6 Å². The molecule has 2 aromatic rings. The Labute approximate surface area is 246 Å². The maximum Gasteiger partial charge on any atom is 0.451 e. The molecule has 2 aliphatic rings. The first-order valence-corrected chi connectivity index (χ1v) is 15.6. The number of sulfonamides is 1. The quantitative estimate of drug-likeness (QED) is 0.393. The lowest BCUT2D eigenvalue weighted by atomic mass is 9.90. The second-order valence-electron chi connectivity index (χ2n) is 10.7. The van der Waals surface area contributed by atoms with Gasteiger partial charge in [-0.2, -0.15) is 30.6 Å². The summed E-state index contributed by atoms with van der Waals surface area (Å²) < 4.78 is 106. The number of nitrogens with zero attached hydrogens (tertiary/aromatic N) is 5. The van der Waals surface area contributed by atoms with Gasteiger partial charge < -0.3 is 15.5 Å². The van der Waals surface area contributed by atoms with Crippen LogP contribution in [0.25, 0.3) is 0 Å². The average molecular weight is 637 g/mol. The highest BCUT2D eigenvalue weighted by Gasteiger charge is 2.38. The molecule has 1 aromatic carbocycles. The van der Waals surface area contributed by atoms with Gasteiger partial charge in [-0.05, 0) is 43.4 Å². The summed E-state index contributed by atoms with van der Waals surface area (Å²) >= 11 is 0. The van der Waals surface area contributed by atoms with Crippen molar-refractivity contribution in [1.29, 1.82) is 0 Å². The van der Waals surface area contributed by atoms with Gasteiger partial charge in [-0.3, -0.25) is 4.79 Å². The van der Waals surface area contributed by atoms with E-state index in [1.807, 2.05) is 0 Å². The third kappa shape index (κ3) is 8.56. The normalized spacial score (nSPS) is 19.1. The summed E-state index contributed by atoms with van der Waals surface area (Å²) in [6.07, 6.45) is -7.06. The van der Waals surface area contributed by atoms with Crippen LogP contribution in [0.3, 0.4) is 0 Å². The van der Waals surface area contributed by atoms with E-state index in [0.29, 0.717) is 37.8 Å². The second kappa shape index (κ2) is 13.3. The molecule has 43 heavy (non-hydrogen) atoms. The van der Waals surface area contributed by atoms with E-state index >= 15 is 0 Å². The molecule has 2 N–H and O–H groups in total. The van der Waals surface area contributed by atoms with Crippen molar-refractivity contribution in [2.24, 2.45) is 11.7 Å².